The summed E-state index contributed by atoms with van der Waals surface area (Å²) in [5.74, 6) is 9.27. The summed E-state index contributed by atoms with van der Waals surface area (Å²) in [6.07, 6.45) is 4.41. The van der Waals surface area contributed by atoms with Crippen LogP contribution in [0.5, 0.6) is 0 Å². The maximum atomic E-state index is 13.9. The second-order valence-corrected chi connectivity index (χ2v) is 8.04. The Labute approximate surface area is 168 Å². The van der Waals surface area contributed by atoms with Crippen LogP contribution in [0.1, 0.15) is 37.7 Å². The number of hydrazine groups is 2. The molecule has 0 spiro atoms. The van der Waals surface area contributed by atoms with Crippen molar-refractivity contribution in [2.24, 2.45) is 17.4 Å². The number of nitrogens with two attached hydrogens (primary N) is 3. The van der Waals surface area contributed by atoms with Crippen LogP contribution in [0.25, 0.3) is 0 Å². The lowest BCUT2D eigenvalue weighted by atomic mass is 9.68. The first kappa shape index (κ1) is 19.6. The number of benzene rings is 1. The number of hydrogen-bond acceptors (Lipinski definition) is 7. The van der Waals surface area contributed by atoms with Crippen LogP contribution in [0.4, 0.5) is 5.69 Å². The number of rotatable bonds is 3. The molecule has 1 aromatic rings. The van der Waals surface area contributed by atoms with Gasteiger partial charge in [-0.1, -0.05) is 37.5 Å². The third-order valence-corrected chi connectivity index (χ3v) is 6.92. The Morgan fingerprint density at radius 3 is 2.38 bits per heavy atom. The minimum atomic E-state index is -1.81. The second-order valence-electron chi connectivity index (χ2n) is 8.04. The Balaban J connectivity index is 2.02. The van der Waals surface area contributed by atoms with Gasteiger partial charge < -0.3 is 9.80 Å². The molecule has 1 aromatic carbocycles. The predicted molar refractivity (Wildman–Crippen MR) is 106 cm³/mol. The Hall–Kier alpha value is -2.69. The van der Waals surface area contributed by atoms with E-state index < -0.39 is 34.8 Å². The smallest absolute Gasteiger partial charge is 0.265 e. The molecule has 1 saturated heterocycles. The van der Waals surface area contributed by atoms with E-state index in [1.165, 1.54) is 4.90 Å². The average Bonchev–Trinajstić information content (AvgIpc) is 3.10. The summed E-state index contributed by atoms with van der Waals surface area (Å²) in [5.41, 5.74) is 8.63. The molecule has 2 aliphatic heterocycles. The quantitative estimate of drug-likeness (QED) is 0.235. The molecule has 29 heavy (non-hydrogen) atoms. The van der Waals surface area contributed by atoms with E-state index in [1.807, 2.05) is 0 Å². The normalized spacial score (nSPS) is 31.4. The fourth-order valence-corrected chi connectivity index (χ4v) is 5.62. The minimum absolute atomic E-state index is 0.201. The zero-order valence-corrected chi connectivity index (χ0v) is 16.4. The van der Waals surface area contributed by atoms with E-state index in [9.17, 15) is 14.4 Å². The standard InChI is InChI=1S/C19H27N7O3/c1-25-13-10-6-5-9-12(13)18(16(28)24-22)14(15(27)23-21)26(17(29)19(18,25)20)11-7-3-2-4-8-11/h5-6,9-11,14H,2-4,7-8,20-22H2,1H3,(H,23,27)(H,24,28). The molecule has 1 saturated carbocycles. The van der Waals surface area contributed by atoms with Crippen LogP contribution in [0.15, 0.2) is 24.3 Å². The summed E-state index contributed by atoms with van der Waals surface area (Å²) in [6.45, 7) is 0. The van der Waals surface area contributed by atoms with Crippen LogP contribution in [0.2, 0.25) is 0 Å². The van der Waals surface area contributed by atoms with Gasteiger partial charge in [0.1, 0.15) is 6.04 Å². The van der Waals surface area contributed by atoms with Gasteiger partial charge in [-0.05, 0) is 24.5 Å². The van der Waals surface area contributed by atoms with Gasteiger partial charge in [-0.2, -0.15) is 0 Å². The molecule has 2 fully saturated rings. The Kier molecular flexibility index (Phi) is 4.52. The molecule has 156 valence electrons. The largest absolute Gasteiger partial charge is 0.347 e. The highest BCUT2D eigenvalue weighted by Crippen LogP contribution is 2.57. The molecule has 8 N–H and O–H groups in total. The van der Waals surface area contributed by atoms with E-state index >= 15 is 0 Å². The number of amides is 3. The van der Waals surface area contributed by atoms with Crippen molar-refractivity contribution in [3.8, 4) is 0 Å². The number of hydrogen-bond donors (Lipinski definition) is 5. The van der Waals surface area contributed by atoms with E-state index in [0.29, 0.717) is 11.3 Å². The third-order valence-electron chi connectivity index (χ3n) is 6.92. The number of likely N-dealkylation sites (tertiary alicyclic amines) is 1. The number of likely N-dealkylation sites (N-methyl/N-ethyl adjacent to an activating group) is 1. The van der Waals surface area contributed by atoms with Gasteiger partial charge in [0.2, 0.25) is 0 Å². The van der Waals surface area contributed by atoms with Crippen LogP contribution in [-0.2, 0) is 19.8 Å². The predicted octanol–water partition coefficient (Wildman–Crippen LogP) is -1.45. The van der Waals surface area contributed by atoms with Crippen LogP contribution in [-0.4, -0.2) is 47.4 Å². The molecule has 10 heteroatoms. The Bertz CT molecular complexity index is 871. The van der Waals surface area contributed by atoms with Crippen molar-refractivity contribution in [1.29, 1.82) is 0 Å². The van der Waals surface area contributed by atoms with Crippen LogP contribution in [0, 0.1) is 0 Å². The van der Waals surface area contributed by atoms with Crippen LogP contribution in [0.3, 0.4) is 0 Å². The van der Waals surface area contributed by atoms with E-state index in [2.05, 4.69) is 10.9 Å². The topological polar surface area (TPSA) is 160 Å². The monoisotopic (exact) mass is 401 g/mol. The molecule has 2 heterocycles. The molecule has 1 aliphatic carbocycles. The summed E-state index contributed by atoms with van der Waals surface area (Å²) in [5, 5.41) is 0. The molecular weight excluding hydrogens is 374 g/mol. The molecule has 0 radical (unpaired) electrons. The number of nitrogens with one attached hydrogen (secondary N) is 2. The summed E-state index contributed by atoms with van der Waals surface area (Å²) in [4.78, 5) is 43.4. The number of carbonyl (C=O) groups excluding carboxylic acids is 3. The second kappa shape index (κ2) is 6.68. The number of nitrogens with zero attached hydrogens (tertiary/aromatic N) is 2. The van der Waals surface area contributed by atoms with Crippen molar-refractivity contribution >= 4 is 23.4 Å². The van der Waals surface area contributed by atoms with Gasteiger partial charge >= 0.3 is 0 Å². The Morgan fingerprint density at radius 2 is 1.76 bits per heavy atom. The highest BCUT2D eigenvalue weighted by Gasteiger charge is 2.79. The molecule has 0 aromatic heterocycles. The molecule has 3 aliphatic rings. The number of para-hydroxylation sites is 1. The molecule has 3 atom stereocenters. The van der Waals surface area contributed by atoms with Gasteiger partial charge in [0.15, 0.2) is 11.1 Å². The Morgan fingerprint density at radius 1 is 1.10 bits per heavy atom. The van der Waals surface area contributed by atoms with E-state index in [4.69, 9.17) is 17.4 Å². The lowest BCUT2D eigenvalue weighted by Crippen LogP contribution is -2.73. The van der Waals surface area contributed by atoms with Gasteiger partial charge in [-0.15, -0.1) is 0 Å². The molecule has 0 bridgehead atoms. The van der Waals surface area contributed by atoms with Crippen molar-refractivity contribution in [2.75, 3.05) is 11.9 Å². The number of carbonyl (C=O) groups is 3. The SMILES string of the molecule is CN1c2ccccc2C2(C(=O)NN)C(C(=O)NN)N(C3CCCCC3)C(=O)C12N. The van der Waals surface area contributed by atoms with Gasteiger partial charge in [-0.3, -0.25) is 31.0 Å². The molecule has 3 amide bonds. The molecule has 4 rings (SSSR count). The summed E-state index contributed by atoms with van der Waals surface area (Å²) < 4.78 is 0. The highest BCUT2D eigenvalue weighted by molar-refractivity contribution is 6.14. The zero-order chi connectivity index (χ0) is 21.0. The maximum Gasteiger partial charge on any atom is 0.265 e. The van der Waals surface area contributed by atoms with Crippen LogP contribution < -0.4 is 33.2 Å². The molecule has 10 nitrogen and oxygen atoms in total. The lowest BCUT2D eigenvalue weighted by molar-refractivity contribution is -0.141. The van der Waals surface area contributed by atoms with Gasteiger partial charge in [0.25, 0.3) is 17.7 Å². The van der Waals surface area contributed by atoms with Crippen molar-refractivity contribution < 1.29 is 14.4 Å². The summed E-state index contributed by atoms with van der Waals surface area (Å²) in [6, 6.07) is 5.59. The van der Waals surface area contributed by atoms with Crippen molar-refractivity contribution in [1.82, 2.24) is 15.8 Å². The fourth-order valence-electron chi connectivity index (χ4n) is 5.62. The number of fused-ring (bicyclic) bond motifs is 3. The zero-order valence-electron chi connectivity index (χ0n) is 16.4. The minimum Gasteiger partial charge on any atom is -0.347 e. The molecule has 3 unspecified atom stereocenters. The van der Waals surface area contributed by atoms with Gasteiger partial charge in [-0.25, -0.2) is 11.7 Å². The first-order chi connectivity index (χ1) is 13.9. The van der Waals surface area contributed by atoms with Gasteiger partial charge in [0, 0.05) is 18.8 Å². The summed E-state index contributed by atoms with van der Waals surface area (Å²) in [7, 11) is 1.66. The van der Waals surface area contributed by atoms with E-state index in [-0.39, 0.29) is 6.04 Å². The van der Waals surface area contributed by atoms with Crippen molar-refractivity contribution in [2.45, 2.75) is 55.3 Å². The van der Waals surface area contributed by atoms with E-state index in [1.54, 1.807) is 36.2 Å². The third kappa shape index (κ3) is 2.19. The average molecular weight is 401 g/mol. The lowest BCUT2D eigenvalue weighted by Gasteiger charge is -2.39. The summed E-state index contributed by atoms with van der Waals surface area (Å²) >= 11 is 0. The van der Waals surface area contributed by atoms with Crippen molar-refractivity contribution in [3.05, 3.63) is 29.8 Å². The maximum absolute atomic E-state index is 13.9. The first-order valence-corrected chi connectivity index (χ1v) is 9.83. The van der Waals surface area contributed by atoms with E-state index in [0.717, 1.165) is 32.1 Å². The van der Waals surface area contributed by atoms with Gasteiger partial charge in [0.05, 0.1) is 0 Å². The number of anilines is 1. The first-order valence-electron chi connectivity index (χ1n) is 9.83. The van der Waals surface area contributed by atoms with Crippen LogP contribution >= 0.6 is 0 Å². The fraction of sp³-hybridized carbons (Fsp3) is 0.526. The highest BCUT2D eigenvalue weighted by atomic mass is 16.2. The van der Waals surface area contributed by atoms with Crippen molar-refractivity contribution in [3.63, 3.8) is 0 Å². The molecular formula is C19H27N7O3.